The molecule has 0 unspecified atom stereocenters. The molecule has 0 aromatic rings. The van der Waals surface area contributed by atoms with Crippen molar-refractivity contribution in [3.8, 4) is 0 Å². The van der Waals surface area contributed by atoms with E-state index in [1.807, 2.05) is 6.92 Å². The third-order valence-electron chi connectivity index (χ3n) is 4.57. The van der Waals surface area contributed by atoms with Gasteiger partial charge in [-0.15, -0.1) is 0 Å². The number of ketones is 1. The van der Waals surface area contributed by atoms with Gasteiger partial charge in [0.1, 0.15) is 5.78 Å². The van der Waals surface area contributed by atoms with Gasteiger partial charge in [-0.05, 0) is 25.8 Å². The van der Waals surface area contributed by atoms with Crippen LogP contribution in [0.1, 0.15) is 51.9 Å². The topological polar surface area (TPSA) is 23.6 Å². The average molecular weight is 252 g/mol. The summed E-state index contributed by atoms with van der Waals surface area (Å²) >= 11 is 0. The Morgan fingerprint density at radius 1 is 1.11 bits per heavy atom. The predicted octanol–water partition coefficient (Wildman–Crippen LogP) is 2.31. The molecule has 0 bridgehead atoms. The summed E-state index contributed by atoms with van der Waals surface area (Å²) in [5, 5.41) is 0. The SMILES string of the molecule is CCC(=O)CCCN1CCN(C2CCCC2)CC1. The van der Waals surface area contributed by atoms with E-state index in [2.05, 4.69) is 9.80 Å². The van der Waals surface area contributed by atoms with Gasteiger partial charge in [0.15, 0.2) is 0 Å². The fourth-order valence-electron chi connectivity index (χ4n) is 3.30. The van der Waals surface area contributed by atoms with E-state index in [0.29, 0.717) is 12.2 Å². The molecule has 1 aliphatic carbocycles. The van der Waals surface area contributed by atoms with Crippen LogP contribution < -0.4 is 0 Å². The maximum atomic E-state index is 11.3. The Bertz CT molecular complexity index is 253. The highest BCUT2D eigenvalue weighted by Gasteiger charge is 2.25. The highest BCUT2D eigenvalue weighted by Crippen LogP contribution is 2.24. The van der Waals surface area contributed by atoms with Crippen LogP contribution in [0.2, 0.25) is 0 Å². The van der Waals surface area contributed by atoms with Crippen LogP contribution in [-0.4, -0.2) is 54.3 Å². The Morgan fingerprint density at radius 2 is 1.78 bits per heavy atom. The number of Topliss-reactive ketones (excluding diaryl/α,β-unsaturated/α-hetero) is 1. The molecule has 104 valence electrons. The third kappa shape index (κ3) is 4.06. The second-order valence-corrected chi connectivity index (χ2v) is 5.81. The fraction of sp³-hybridized carbons (Fsp3) is 0.933. The molecule has 0 N–H and O–H groups in total. The van der Waals surface area contributed by atoms with Crippen molar-refractivity contribution >= 4 is 5.78 Å². The minimum atomic E-state index is 0.416. The average Bonchev–Trinajstić information content (AvgIpc) is 2.93. The van der Waals surface area contributed by atoms with Crippen molar-refractivity contribution < 1.29 is 4.79 Å². The second kappa shape index (κ2) is 7.25. The maximum Gasteiger partial charge on any atom is 0.132 e. The van der Waals surface area contributed by atoms with E-state index in [-0.39, 0.29) is 0 Å². The Kier molecular flexibility index (Phi) is 5.64. The summed E-state index contributed by atoms with van der Waals surface area (Å²) in [5.74, 6) is 0.416. The third-order valence-corrected chi connectivity index (χ3v) is 4.57. The molecule has 18 heavy (non-hydrogen) atoms. The number of nitrogens with zero attached hydrogens (tertiary/aromatic N) is 2. The number of hydrogen-bond acceptors (Lipinski definition) is 3. The van der Waals surface area contributed by atoms with Gasteiger partial charge >= 0.3 is 0 Å². The van der Waals surface area contributed by atoms with Crippen molar-refractivity contribution in [1.29, 1.82) is 0 Å². The monoisotopic (exact) mass is 252 g/mol. The Labute approximate surface area is 112 Å². The van der Waals surface area contributed by atoms with Gasteiger partial charge in [0.2, 0.25) is 0 Å². The molecule has 3 heteroatoms. The fourth-order valence-corrected chi connectivity index (χ4v) is 3.30. The number of hydrogen-bond donors (Lipinski definition) is 0. The zero-order chi connectivity index (χ0) is 12.8. The lowest BCUT2D eigenvalue weighted by molar-refractivity contribution is -0.118. The summed E-state index contributed by atoms with van der Waals surface area (Å²) in [6.45, 7) is 7.97. The summed E-state index contributed by atoms with van der Waals surface area (Å²) < 4.78 is 0. The van der Waals surface area contributed by atoms with E-state index in [0.717, 1.165) is 25.4 Å². The van der Waals surface area contributed by atoms with Crippen LogP contribution >= 0.6 is 0 Å². The molecule has 1 aliphatic heterocycles. The molecule has 0 aromatic carbocycles. The van der Waals surface area contributed by atoms with Gasteiger partial charge in [-0.3, -0.25) is 9.69 Å². The Morgan fingerprint density at radius 3 is 2.39 bits per heavy atom. The minimum absolute atomic E-state index is 0.416. The highest BCUT2D eigenvalue weighted by molar-refractivity contribution is 5.77. The van der Waals surface area contributed by atoms with E-state index < -0.39 is 0 Å². The van der Waals surface area contributed by atoms with E-state index in [4.69, 9.17) is 0 Å². The van der Waals surface area contributed by atoms with Crippen LogP contribution in [0.15, 0.2) is 0 Å². The van der Waals surface area contributed by atoms with Crippen molar-refractivity contribution in [2.24, 2.45) is 0 Å². The maximum absolute atomic E-state index is 11.3. The first kappa shape index (κ1) is 14.0. The highest BCUT2D eigenvalue weighted by atomic mass is 16.1. The van der Waals surface area contributed by atoms with Crippen LogP contribution in [0.5, 0.6) is 0 Å². The van der Waals surface area contributed by atoms with Crippen molar-refractivity contribution in [2.75, 3.05) is 32.7 Å². The molecule has 1 saturated heterocycles. The number of carbonyl (C=O) groups is 1. The van der Waals surface area contributed by atoms with Gasteiger partial charge in [0.25, 0.3) is 0 Å². The Balaban J connectivity index is 1.59. The van der Waals surface area contributed by atoms with Gasteiger partial charge < -0.3 is 4.90 Å². The van der Waals surface area contributed by atoms with Crippen molar-refractivity contribution in [1.82, 2.24) is 9.80 Å². The van der Waals surface area contributed by atoms with Gasteiger partial charge in [0.05, 0.1) is 0 Å². The first-order chi connectivity index (χ1) is 8.79. The van der Waals surface area contributed by atoms with E-state index >= 15 is 0 Å². The van der Waals surface area contributed by atoms with Crippen molar-refractivity contribution in [3.63, 3.8) is 0 Å². The minimum Gasteiger partial charge on any atom is -0.301 e. The molecule has 0 amide bonds. The first-order valence-corrected chi connectivity index (χ1v) is 7.77. The molecule has 1 saturated carbocycles. The molecule has 2 aliphatic rings. The molecule has 0 atom stereocenters. The number of piperazine rings is 1. The normalized spacial score (nSPS) is 23.6. The zero-order valence-corrected chi connectivity index (χ0v) is 11.9. The van der Waals surface area contributed by atoms with Gasteiger partial charge in [-0.25, -0.2) is 0 Å². The lowest BCUT2D eigenvalue weighted by atomic mass is 10.1. The largest absolute Gasteiger partial charge is 0.301 e. The first-order valence-electron chi connectivity index (χ1n) is 7.77. The van der Waals surface area contributed by atoms with Gasteiger partial charge in [-0.1, -0.05) is 19.8 Å². The van der Waals surface area contributed by atoms with Gasteiger partial charge in [0, 0.05) is 45.1 Å². The summed E-state index contributed by atoms with van der Waals surface area (Å²) in [5.41, 5.74) is 0. The Hall–Kier alpha value is -0.410. The lowest BCUT2D eigenvalue weighted by Gasteiger charge is -2.38. The lowest BCUT2D eigenvalue weighted by Crippen LogP contribution is -2.49. The van der Waals surface area contributed by atoms with Crippen LogP contribution in [0, 0.1) is 0 Å². The smallest absolute Gasteiger partial charge is 0.132 e. The van der Waals surface area contributed by atoms with E-state index in [9.17, 15) is 4.79 Å². The quantitative estimate of drug-likeness (QED) is 0.725. The molecular formula is C15H28N2O. The van der Waals surface area contributed by atoms with Crippen LogP contribution in [0.4, 0.5) is 0 Å². The molecule has 0 radical (unpaired) electrons. The van der Waals surface area contributed by atoms with Crippen molar-refractivity contribution in [3.05, 3.63) is 0 Å². The number of rotatable bonds is 6. The van der Waals surface area contributed by atoms with Gasteiger partial charge in [-0.2, -0.15) is 0 Å². The second-order valence-electron chi connectivity index (χ2n) is 5.81. The van der Waals surface area contributed by atoms with Crippen LogP contribution in [0.3, 0.4) is 0 Å². The molecule has 2 fully saturated rings. The summed E-state index contributed by atoms with van der Waals surface area (Å²) in [6.07, 6.45) is 8.24. The molecule has 1 heterocycles. The summed E-state index contributed by atoms with van der Waals surface area (Å²) in [4.78, 5) is 16.5. The molecule has 0 spiro atoms. The zero-order valence-electron chi connectivity index (χ0n) is 11.9. The van der Waals surface area contributed by atoms with Crippen molar-refractivity contribution in [2.45, 2.75) is 57.9 Å². The summed E-state index contributed by atoms with van der Waals surface area (Å²) in [6, 6.07) is 0.883. The van der Waals surface area contributed by atoms with E-state index in [1.54, 1.807) is 0 Å². The van der Waals surface area contributed by atoms with Crippen LogP contribution in [-0.2, 0) is 4.79 Å². The summed E-state index contributed by atoms with van der Waals surface area (Å²) in [7, 11) is 0. The molecule has 2 rings (SSSR count). The predicted molar refractivity (Wildman–Crippen MR) is 74.8 cm³/mol. The van der Waals surface area contributed by atoms with E-state index in [1.165, 1.54) is 51.9 Å². The standard InChI is InChI=1S/C15H28N2O/c1-2-15(18)8-5-9-16-10-12-17(13-11-16)14-6-3-4-7-14/h14H,2-13H2,1H3. The number of carbonyl (C=O) groups excluding carboxylic acids is 1. The molecule has 3 nitrogen and oxygen atoms in total. The van der Waals surface area contributed by atoms with Crippen LogP contribution in [0.25, 0.3) is 0 Å². The molecule has 0 aromatic heterocycles. The molecular weight excluding hydrogens is 224 g/mol.